The molecule has 0 amide bonds. The number of hydrogen-bond donors (Lipinski definition) is 0. The predicted octanol–water partition coefficient (Wildman–Crippen LogP) is -3.55. The summed E-state index contributed by atoms with van der Waals surface area (Å²) in [6.07, 6.45) is 0. The SMILES string of the molecule is [AlH3].[MgH2].[SiH4].[Zn]. The first-order valence-corrected chi connectivity index (χ1v) is 0. The van der Waals surface area contributed by atoms with Gasteiger partial charge in [-0.15, -0.1) is 0 Å². The van der Waals surface area contributed by atoms with Crippen LogP contribution in [0.3, 0.4) is 0 Å². The van der Waals surface area contributed by atoms with Crippen LogP contribution in [0.25, 0.3) is 0 Å². The maximum absolute atomic E-state index is 0. The minimum atomic E-state index is 0. The summed E-state index contributed by atoms with van der Waals surface area (Å²) in [5.74, 6) is 0. The monoisotopic (exact) mass is 152 g/mol. The molecule has 0 atom stereocenters. The van der Waals surface area contributed by atoms with E-state index in [-0.39, 0.29) is 70.9 Å². The van der Waals surface area contributed by atoms with E-state index in [9.17, 15) is 0 Å². The Balaban J connectivity index is 0. The molecule has 0 rings (SSSR count). The van der Waals surface area contributed by atoms with Gasteiger partial charge in [-0.2, -0.15) is 0 Å². The van der Waals surface area contributed by atoms with Gasteiger partial charge in [-0.1, -0.05) is 0 Å². The molecule has 0 unspecified atom stereocenters. The number of rotatable bonds is 0. The van der Waals surface area contributed by atoms with E-state index >= 15 is 0 Å². The van der Waals surface area contributed by atoms with Gasteiger partial charge in [0.1, 0.15) is 0 Å². The fourth-order valence-electron chi connectivity index (χ4n) is 0. The first kappa shape index (κ1) is 35.4. The molecule has 0 N–H and O–H groups in total. The van der Waals surface area contributed by atoms with Gasteiger partial charge in [-0.3, -0.25) is 0 Å². The minimum Gasteiger partial charge on any atom is -0.0149 e. The molecule has 0 heterocycles. The smallest absolute Gasteiger partial charge is 0.0149 e. The van der Waals surface area contributed by atoms with Crippen LogP contribution in [-0.2, 0) is 19.5 Å². The molecule has 0 aliphatic carbocycles. The summed E-state index contributed by atoms with van der Waals surface area (Å²) in [6.45, 7) is 0. The van der Waals surface area contributed by atoms with Crippen molar-refractivity contribution in [3.05, 3.63) is 0 Å². The van der Waals surface area contributed by atoms with Crippen molar-refractivity contribution in [2.45, 2.75) is 0 Å². The zero-order chi connectivity index (χ0) is 0. The van der Waals surface area contributed by atoms with E-state index in [4.69, 9.17) is 0 Å². The van der Waals surface area contributed by atoms with E-state index in [2.05, 4.69) is 0 Å². The molecule has 0 fully saturated rings. The van der Waals surface area contributed by atoms with Crippen LogP contribution in [0.5, 0.6) is 0 Å². The van der Waals surface area contributed by atoms with Gasteiger partial charge in [0.15, 0.2) is 17.4 Å². The fraction of sp³-hybridized carbons (Fsp3) is 0. The molecular formula is H9AlMgSiZn. The summed E-state index contributed by atoms with van der Waals surface area (Å²) >= 11 is 0. The van der Waals surface area contributed by atoms with Crippen LogP contribution < -0.4 is 0 Å². The Bertz CT molecular complexity index is 8.00. The molecule has 0 aliphatic heterocycles. The average Bonchev–Trinajstić information content (AvgIpc) is 0. The van der Waals surface area contributed by atoms with Crippen LogP contribution in [-0.4, -0.2) is 51.4 Å². The standard InChI is InChI=1S/Al.Mg.H4Si.Zn.5H/h;;1H4;;;;;;. The molecule has 0 spiro atoms. The average molecular weight is 154 g/mol. The van der Waals surface area contributed by atoms with Crippen LogP contribution in [0, 0.1) is 0 Å². The van der Waals surface area contributed by atoms with Gasteiger partial charge in [0.2, 0.25) is 0 Å². The van der Waals surface area contributed by atoms with E-state index in [0.29, 0.717) is 0 Å². The predicted molar refractivity (Wildman–Crippen MR) is 29.8 cm³/mol. The molecule has 0 nitrogen and oxygen atoms in total. The third-order valence-electron chi connectivity index (χ3n) is 0. The molecule has 4 heteroatoms. The Kier molecular flexibility index (Phi) is 170. The van der Waals surface area contributed by atoms with Gasteiger partial charge in [-0.05, 0) is 11.0 Å². The quantitative estimate of drug-likeness (QED) is 0.317. The van der Waals surface area contributed by atoms with Crippen molar-refractivity contribution in [3.63, 3.8) is 0 Å². The first-order valence-electron chi connectivity index (χ1n) is 0. The summed E-state index contributed by atoms with van der Waals surface area (Å²) in [5, 5.41) is 0. The maximum Gasteiger partial charge on any atom is 0.316 e. The fourth-order valence-corrected chi connectivity index (χ4v) is 0. The van der Waals surface area contributed by atoms with Crippen LogP contribution in [0.2, 0.25) is 0 Å². The topological polar surface area (TPSA) is 0 Å². The van der Waals surface area contributed by atoms with Crippen LogP contribution in [0.4, 0.5) is 0 Å². The second-order valence-corrected chi connectivity index (χ2v) is 0. The number of hydrogen-bond acceptors (Lipinski definition) is 0. The van der Waals surface area contributed by atoms with Crippen molar-refractivity contribution in [1.82, 2.24) is 0 Å². The molecule has 4 heavy (non-hydrogen) atoms. The van der Waals surface area contributed by atoms with E-state index in [1.807, 2.05) is 0 Å². The molecule has 0 aromatic rings. The molecule has 0 aromatic heterocycles. The van der Waals surface area contributed by atoms with Gasteiger partial charge in [-0.25, -0.2) is 0 Å². The molecule has 0 saturated heterocycles. The van der Waals surface area contributed by atoms with Crippen molar-refractivity contribution in [2.24, 2.45) is 0 Å². The Morgan fingerprint density at radius 3 is 1.00 bits per heavy atom. The van der Waals surface area contributed by atoms with Gasteiger partial charge in [0.05, 0.1) is 0 Å². The van der Waals surface area contributed by atoms with Crippen LogP contribution in [0.15, 0.2) is 0 Å². The van der Waals surface area contributed by atoms with Crippen molar-refractivity contribution in [3.8, 4) is 0 Å². The largest absolute Gasteiger partial charge is 0.316 e. The van der Waals surface area contributed by atoms with Gasteiger partial charge < -0.3 is 0 Å². The van der Waals surface area contributed by atoms with Crippen molar-refractivity contribution in [2.75, 3.05) is 0 Å². The van der Waals surface area contributed by atoms with Gasteiger partial charge in [0, 0.05) is 19.5 Å². The Hall–Kier alpha value is 2.14. The zero-order valence-electron chi connectivity index (χ0n) is 0.707. The molecular weight excluding hydrogens is 145 g/mol. The first-order chi connectivity index (χ1) is 0. The Labute approximate surface area is 70.2 Å². The second kappa shape index (κ2) is 19.2. The summed E-state index contributed by atoms with van der Waals surface area (Å²) in [6, 6.07) is 0. The Morgan fingerprint density at radius 1 is 1.00 bits per heavy atom. The normalized spacial score (nSPS) is 0. The molecule has 0 aromatic carbocycles. The molecule has 0 saturated carbocycles. The summed E-state index contributed by atoms with van der Waals surface area (Å²) in [5.41, 5.74) is 0. The third kappa shape index (κ3) is 8.91. The molecule has 0 aliphatic rings. The van der Waals surface area contributed by atoms with Crippen LogP contribution >= 0.6 is 0 Å². The van der Waals surface area contributed by atoms with E-state index in [0.717, 1.165) is 0 Å². The van der Waals surface area contributed by atoms with Crippen molar-refractivity contribution >= 4 is 51.4 Å². The van der Waals surface area contributed by atoms with Crippen molar-refractivity contribution in [1.29, 1.82) is 0 Å². The zero-order valence-corrected chi connectivity index (χ0v) is 3.67. The van der Waals surface area contributed by atoms with E-state index < -0.39 is 0 Å². The second-order valence-electron chi connectivity index (χ2n) is 0. The molecule has 0 radical (unpaired) electrons. The Morgan fingerprint density at radius 2 is 1.00 bits per heavy atom. The van der Waals surface area contributed by atoms with Gasteiger partial charge >= 0.3 is 23.1 Å². The van der Waals surface area contributed by atoms with Gasteiger partial charge in [0.25, 0.3) is 0 Å². The summed E-state index contributed by atoms with van der Waals surface area (Å²) < 4.78 is 0. The molecule has 20 valence electrons. The summed E-state index contributed by atoms with van der Waals surface area (Å²) in [4.78, 5) is 0. The third-order valence-corrected chi connectivity index (χ3v) is 0. The van der Waals surface area contributed by atoms with E-state index in [1.54, 1.807) is 0 Å². The van der Waals surface area contributed by atoms with Crippen molar-refractivity contribution < 1.29 is 19.5 Å². The summed E-state index contributed by atoms with van der Waals surface area (Å²) in [7, 11) is 0. The maximum atomic E-state index is 0. The van der Waals surface area contributed by atoms with Crippen LogP contribution in [0.1, 0.15) is 0 Å². The van der Waals surface area contributed by atoms with E-state index in [1.165, 1.54) is 0 Å². The molecule has 0 bridgehead atoms. The minimum absolute atomic E-state index is 0.